The van der Waals surface area contributed by atoms with Crippen molar-refractivity contribution >= 4 is 28.4 Å². The Morgan fingerprint density at radius 2 is 1.68 bits per heavy atom. The highest BCUT2D eigenvalue weighted by Gasteiger charge is 2.31. The van der Waals surface area contributed by atoms with E-state index in [4.69, 9.17) is 4.74 Å². The second kappa shape index (κ2) is 10.9. The SMILES string of the molecule is CN(C(=O)c1ccc(OC(F)(F)F)cc1)c1ccc(Oc2ccc3cc(C(=O)N4CCNCC4)n(C)c3c2)nc1. The number of aromatic nitrogens is 2. The molecule has 2 aromatic heterocycles. The van der Waals surface area contributed by atoms with Crippen molar-refractivity contribution in [2.24, 2.45) is 7.05 Å². The zero-order chi connectivity index (χ0) is 28.4. The number of fused-ring (bicyclic) bond motifs is 1. The average Bonchev–Trinajstić information content (AvgIpc) is 3.28. The lowest BCUT2D eigenvalue weighted by atomic mass is 10.2. The summed E-state index contributed by atoms with van der Waals surface area (Å²) in [5.74, 6) is -0.0334. The van der Waals surface area contributed by atoms with Gasteiger partial charge in [0.25, 0.3) is 11.8 Å². The van der Waals surface area contributed by atoms with E-state index < -0.39 is 18.0 Å². The predicted octanol–water partition coefficient (Wildman–Crippen LogP) is 4.59. The monoisotopic (exact) mass is 553 g/mol. The van der Waals surface area contributed by atoms with Gasteiger partial charge in [-0.15, -0.1) is 13.2 Å². The van der Waals surface area contributed by atoms with Gasteiger partial charge in [0, 0.05) is 63.4 Å². The minimum Gasteiger partial charge on any atom is -0.439 e. The van der Waals surface area contributed by atoms with E-state index in [0.717, 1.165) is 36.1 Å². The maximum Gasteiger partial charge on any atom is 0.573 e. The number of ether oxygens (including phenoxy) is 2. The van der Waals surface area contributed by atoms with Crippen LogP contribution in [0.4, 0.5) is 18.9 Å². The van der Waals surface area contributed by atoms with Crippen LogP contribution in [0.25, 0.3) is 10.9 Å². The number of benzene rings is 2. The number of carbonyl (C=O) groups excluding carboxylic acids is 2. The van der Waals surface area contributed by atoms with Gasteiger partial charge in [0.15, 0.2) is 0 Å². The molecule has 1 aliphatic heterocycles. The molecule has 0 saturated carbocycles. The Kier molecular flexibility index (Phi) is 7.35. The lowest BCUT2D eigenvalue weighted by Crippen LogP contribution is -2.46. The zero-order valence-electron chi connectivity index (χ0n) is 21.7. The fourth-order valence-electron chi connectivity index (χ4n) is 4.47. The van der Waals surface area contributed by atoms with Crippen LogP contribution in [0.2, 0.25) is 0 Å². The van der Waals surface area contributed by atoms with E-state index in [1.165, 1.54) is 30.3 Å². The maximum absolute atomic E-state index is 13.0. The number of hydrogen-bond donors (Lipinski definition) is 1. The summed E-state index contributed by atoms with van der Waals surface area (Å²) >= 11 is 0. The van der Waals surface area contributed by atoms with Crippen molar-refractivity contribution < 1.29 is 32.2 Å². The third kappa shape index (κ3) is 5.86. The molecule has 0 spiro atoms. The van der Waals surface area contributed by atoms with Crippen LogP contribution in [0, 0.1) is 0 Å². The summed E-state index contributed by atoms with van der Waals surface area (Å²) in [5.41, 5.74) is 2.08. The molecule has 1 N–H and O–H groups in total. The van der Waals surface area contributed by atoms with Gasteiger partial charge in [-0.3, -0.25) is 9.59 Å². The molecule has 40 heavy (non-hydrogen) atoms. The van der Waals surface area contributed by atoms with Crippen LogP contribution in [0.15, 0.2) is 66.9 Å². The van der Waals surface area contributed by atoms with E-state index in [9.17, 15) is 22.8 Å². The smallest absolute Gasteiger partial charge is 0.439 e. The van der Waals surface area contributed by atoms with Crippen molar-refractivity contribution in [3.05, 3.63) is 78.1 Å². The minimum absolute atomic E-state index is 0.0100. The van der Waals surface area contributed by atoms with E-state index in [-0.39, 0.29) is 11.5 Å². The first-order valence-electron chi connectivity index (χ1n) is 12.5. The Morgan fingerprint density at radius 1 is 0.975 bits per heavy atom. The fourth-order valence-corrected chi connectivity index (χ4v) is 4.47. The Hall–Kier alpha value is -4.58. The number of hydrogen-bond acceptors (Lipinski definition) is 6. The predicted molar refractivity (Wildman–Crippen MR) is 142 cm³/mol. The summed E-state index contributed by atoms with van der Waals surface area (Å²) in [5, 5.41) is 4.16. The molecule has 4 aromatic rings. The van der Waals surface area contributed by atoms with Crippen LogP contribution >= 0.6 is 0 Å². The summed E-state index contributed by atoms with van der Waals surface area (Å²) in [7, 11) is 3.38. The number of carbonyl (C=O) groups is 2. The number of alkyl halides is 3. The minimum atomic E-state index is -4.81. The second-order valence-corrected chi connectivity index (χ2v) is 9.24. The number of aryl methyl sites for hydroxylation is 1. The van der Waals surface area contributed by atoms with Gasteiger partial charge in [0.2, 0.25) is 5.88 Å². The second-order valence-electron chi connectivity index (χ2n) is 9.24. The zero-order valence-corrected chi connectivity index (χ0v) is 21.7. The highest BCUT2D eigenvalue weighted by atomic mass is 19.4. The number of halogens is 3. The molecular weight excluding hydrogens is 527 g/mol. The summed E-state index contributed by atoms with van der Waals surface area (Å²) in [6.07, 6.45) is -3.35. The van der Waals surface area contributed by atoms with Crippen molar-refractivity contribution in [1.29, 1.82) is 0 Å². The maximum atomic E-state index is 13.0. The van der Waals surface area contributed by atoms with E-state index in [0.29, 0.717) is 36.1 Å². The molecule has 0 bridgehead atoms. The lowest BCUT2D eigenvalue weighted by Gasteiger charge is -2.27. The largest absolute Gasteiger partial charge is 0.573 e. The summed E-state index contributed by atoms with van der Waals surface area (Å²) in [6, 6.07) is 15.3. The first kappa shape index (κ1) is 27.0. The number of pyridine rings is 1. The molecule has 2 aromatic carbocycles. The van der Waals surface area contributed by atoms with Crippen LogP contribution in [0.3, 0.4) is 0 Å². The van der Waals surface area contributed by atoms with Crippen LogP contribution < -0.4 is 19.7 Å². The van der Waals surface area contributed by atoms with Crippen LogP contribution in [-0.2, 0) is 7.05 Å². The number of nitrogens with one attached hydrogen (secondary N) is 1. The van der Waals surface area contributed by atoms with E-state index in [2.05, 4.69) is 15.0 Å². The molecule has 1 fully saturated rings. The van der Waals surface area contributed by atoms with Gasteiger partial charge in [0.05, 0.1) is 17.4 Å². The first-order chi connectivity index (χ1) is 19.1. The molecule has 3 heterocycles. The Labute approximate surface area is 227 Å². The molecule has 5 rings (SSSR count). The quantitative estimate of drug-likeness (QED) is 0.376. The standard InChI is InChI=1S/C28H26F3N5O4/c1-34(26(37)18-3-7-21(8-4-18)40-28(29,30)31)20-6-10-25(33-17-20)39-22-9-5-19-15-24(35(2)23(19)16-22)27(38)36-13-11-32-12-14-36/h3-10,15-17,32H,11-14H2,1-2H3. The van der Waals surface area contributed by atoms with Gasteiger partial charge < -0.3 is 29.2 Å². The van der Waals surface area contributed by atoms with Gasteiger partial charge in [-0.05, 0) is 48.5 Å². The van der Waals surface area contributed by atoms with Crippen LogP contribution in [0.5, 0.6) is 17.4 Å². The van der Waals surface area contributed by atoms with Gasteiger partial charge in [-0.1, -0.05) is 0 Å². The van der Waals surface area contributed by atoms with Crippen molar-refractivity contribution in [3.8, 4) is 17.4 Å². The summed E-state index contributed by atoms with van der Waals surface area (Å²) in [4.78, 5) is 33.3. The molecule has 1 saturated heterocycles. The van der Waals surface area contributed by atoms with Gasteiger partial charge in [-0.2, -0.15) is 0 Å². The molecule has 2 amide bonds. The lowest BCUT2D eigenvalue weighted by molar-refractivity contribution is -0.274. The highest BCUT2D eigenvalue weighted by molar-refractivity contribution is 6.05. The van der Waals surface area contributed by atoms with Gasteiger partial charge in [0.1, 0.15) is 17.2 Å². The fraction of sp³-hybridized carbons (Fsp3) is 0.250. The molecule has 1 aliphatic rings. The van der Waals surface area contributed by atoms with Gasteiger partial charge in [-0.25, -0.2) is 4.98 Å². The Bertz CT molecular complexity index is 1530. The topological polar surface area (TPSA) is 88.9 Å². The van der Waals surface area contributed by atoms with Crippen molar-refractivity contribution in [3.63, 3.8) is 0 Å². The highest BCUT2D eigenvalue weighted by Crippen LogP contribution is 2.29. The van der Waals surface area contributed by atoms with E-state index in [1.807, 2.05) is 34.7 Å². The molecule has 0 aliphatic carbocycles. The Balaban J connectivity index is 1.26. The molecule has 208 valence electrons. The summed E-state index contributed by atoms with van der Waals surface area (Å²) < 4.78 is 48.7. The average molecular weight is 554 g/mol. The number of nitrogens with zero attached hydrogens (tertiary/aromatic N) is 4. The molecule has 0 radical (unpaired) electrons. The van der Waals surface area contributed by atoms with Crippen molar-refractivity contribution in [2.75, 3.05) is 38.1 Å². The number of piperazine rings is 1. The van der Waals surface area contributed by atoms with E-state index in [1.54, 1.807) is 18.2 Å². The first-order valence-corrected chi connectivity index (χ1v) is 12.5. The van der Waals surface area contributed by atoms with Crippen molar-refractivity contribution in [1.82, 2.24) is 19.8 Å². The molecule has 0 unspecified atom stereocenters. The normalized spacial score (nSPS) is 13.8. The third-order valence-electron chi connectivity index (χ3n) is 6.61. The number of amides is 2. The molecular formula is C28H26F3N5O4. The third-order valence-corrected chi connectivity index (χ3v) is 6.61. The van der Waals surface area contributed by atoms with E-state index >= 15 is 0 Å². The number of anilines is 1. The molecule has 12 heteroatoms. The Morgan fingerprint density at radius 3 is 2.33 bits per heavy atom. The van der Waals surface area contributed by atoms with Crippen molar-refractivity contribution in [2.45, 2.75) is 6.36 Å². The summed E-state index contributed by atoms with van der Waals surface area (Å²) in [6.45, 7) is 2.88. The molecule has 9 nitrogen and oxygen atoms in total. The van der Waals surface area contributed by atoms with Gasteiger partial charge >= 0.3 is 6.36 Å². The van der Waals surface area contributed by atoms with Crippen LogP contribution in [-0.4, -0.2) is 65.9 Å². The van der Waals surface area contributed by atoms with Crippen LogP contribution in [0.1, 0.15) is 20.8 Å². The number of rotatable bonds is 6. The molecule has 0 atom stereocenters.